The molecule has 2 saturated heterocycles. The zero-order valence-electron chi connectivity index (χ0n) is 13.9. The summed E-state index contributed by atoms with van der Waals surface area (Å²) in [6, 6.07) is 3.00. The zero-order chi connectivity index (χ0) is 17.1. The van der Waals surface area contributed by atoms with E-state index in [4.69, 9.17) is 4.42 Å². The third-order valence-corrected chi connectivity index (χ3v) is 4.95. The zero-order valence-corrected chi connectivity index (χ0v) is 13.9. The minimum atomic E-state index is -0.342. The summed E-state index contributed by atoms with van der Waals surface area (Å²) in [5.41, 5.74) is 0. The van der Waals surface area contributed by atoms with E-state index >= 15 is 0 Å². The van der Waals surface area contributed by atoms with E-state index in [0.29, 0.717) is 38.2 Å². The van der Waals surface area contributed by atoms with Crippen molar-refractivity contribution >= 4 is 17.7 Å². The molecule has 3 rings (SSSR count). The van der Waals surface area contributed by atoms with Crippen LogP contribution in [-0.4, -0.2) is 60.2 Å². The molecule has 1 N–H and O–H groups in total. The topological polar surface area (TPSA) is 82.9 Å². The minimum absolute atomic E-state index is 0.0474. The Hall–Kier alpha value is -2.31. The highest BCUT2D eigenvalue weighted by atomic mass is 16.3. The molecule has 7 heteroatoms. The average molecular weight is 333 g/mol. The Kier molecular flexibility index (Phi) is 4.87. The lowest BCUT2D eigenvalue weighted by atomic mass is 9.94. The van der Waals surface area contributed by atoms with Crippen LogP contribution in [-0.2, 0) is 9.59 Å². The highest BCUT2D eigenvalue weighted by Gasteiger charge is 2.38. The van der Waals surface area contributed by atoms with Gasteiger partial charge in [0.2, 0.25) is 11.8 Å². The van der Waals surface area contributed by atoms with Crippen LogP contribution in [0.15, 0.2) is 22.8 Å². The fourth-order valence-corrected chi connectivity index (χ4v) is 3.59. The Balaban J connectivity index is 1.57. The number of amides is 3. The van der Waals surface area contributed by atoms with Crippen molar-refractivity contribution in [3.63, 3.8) is 0 Å². The summed E-state index contributed by atoms with van der Waals surface area (Å²) in [5, 5.41) is 2.64. The first kappa shape index (κ1) is 16.5. The van der Waals surface area contributed by atoms with Gasteiger partial charge in [0.15, 0.2) is 5.76 Å². The summed E-state index contributed by atoms with van der Waals surface area (Å²) in [6.45, 7) is 1.71. The molecular weight excluding hydrogens is 310 g/mol. The number of nitrogens with zero attached hydrogens (tertiary/aromatic N) is 2. The maximum atomic E-state index is 12.8. The van der Waals surface area contributed by atoms with Crippen LogP contribution in [0.3, 0.4) is 0 Å². The van der Waals surface area contributed by atoms with Gasteiger partial charge in [0, 0.05) is 32.6 Å². The molecule has 0 radical (unpaired) electrons. The van der Waals surface area contributed by atoms with Gasteiger partial charge in [-0.1, -0.05) is 0 Å². The molecule has 0 unspecified atom stereocenters. The fraction of sp³-hybridized carbons (Fsp3) is 0.588. The van der Waals surface area contributed by atoms with Gasteiger partial charge in [-0.3, -0.25) is 14.4 Å². The van der Waals surface area contributed by atoms with Gasteiger partial charge in [-0.25, -0.2) is 0 Å². The Morgan fingerprint density at radius 3 is 2.54 bits per heavy atom. The Labute approximate surface area is 141 Å². The van der Waals surface area contributed by atoms with Gasteiger partial charge in [-0.2, -0.15) is 0 Å². The van der Waals surface area contributed by atoms with Gasteiger partial charge in [-0.05, 0) is 37.8 Å². The number of furan rings is 1. The van der Waals surface area contributed by atoms with E-state index in [0.717, 1.165) is 12.8 Å². The fourth-order valence-electron chi connectivity index (χ4n) is 3.59. The number of carbonyl (C=O) groups is 3. The van der Waals surface area contributed by atoms with Crippen molar-refractivity contribution in [2.24, 2.45) is 5.92 Å². The number of likely N-dealkylation sites (tertiary alicyclic amines) is 2. The Bertz CT molecular complexity index is 605. The smallest absolute Gasteiger partial charge is 0.289 e. The van der Waals surface area contributed by atoms with Crippen LogP contribution < -0.4 is 5.32 Å². The molecule has 2 aliphatic heterocycles. The molecule has 0 saturated carbocycles. The Morgan fingerprint density at radius 2 is 1.92 bits per heavy atom. The predicted molar refractivity (Wildman–Crippen MR) is 86.1 cm³/mol. The summed E-state index contributed by atoms with van der Waals surface area (Å²) in [5.74, 6) is 0.0442. The second-order valence-electron chi connectivity index (χ2n) is 6.35. The van der Waals surface area contributed by atoms with E-state index in [9.17, 15) is 14.4 Å². The number of hydrogen-bond acceptors (Lipinski definition) is 4. The lowest BCUT2D eigenvalue weighted by Gasteiger charge is -2.34. The highest BCUT2D eigenvalue weighted by molar-refractivity contribution is 5.92. The van der Waals surface area contributed by atoms with Crippen molar-refractivity contribution in [2.45, 2.75) is 31.7 Å². The van der Waals surface area contributed by atoms with Crippen molar-refractivity contribution in [3.8, 4) is 0 Å². The normalized spacial score (nSPS) is 21.8. The number of piperidine rings is 1. The largest absolute Gasteiger partial charge is 0.459 e. The molecule has 3 heterocycles. The van der Waals surface area contributed by atoms with E-state index < -0.39 is 0 Å². The van der Waals surface area contributed by atoms with Crippen LogP contribution in [0.1, 0.15) is 36.2 Å². The van der Waals surface area contributed by atoms with Crippen molar-refractivity contribution in [3.05, 3.63) is 24.2 Å². The molecule has 1 atom stereocenters. The molecule has 3 amide bonds. The molecule has 0 bridgehead atoms. The van der Waals surface area contributed by atoms with Crippen LogP contribution in [0.2, 0.25) is 0 Å². The summed E-state index contributed by atoms with van der Waals surface area (Å²) in [6.07, 6.45) is 4.32. The lowest BCUT2D eigenvalue weighted by molar-refractivity contribution is -0.142. The number of carbonyl (C=O) groups excluding carboxylic acids is 3. The average Bonchev–Trinajstić information content (AvgIpc) is 3.31. The molecule has 7 nitrogen and oxygen atoms in total. The molecule has 1 aromatic heterocycles. The number of rotatable bonds is 3. The summed E-state index contributed by atoms with van der Waals surface area (Å²) in [7, 11) is 1.60. The maximum Gasteiger partial charge on any atom is 0.289 e. The third kappa shape index (κ3) is 3.16. The van der Waals surface area contributed by atoms with Crippen molar-refractivity contribution in [1.82, 2.24) is 15.1 Å². The number of likely N-dealkylation sites (N-methyl/N-ethyl adjacent to an activating group) is 1. The first-order valence-corrected chi connectivity index (χ1v) is 8.46. The Morgan fingerprint density at radius 1 is 1.17 bits per heavy atom. The monoisotopic (exact) mass is 333 g/mol. The maximum absolute atomic E-state index is 12.8. The molecule has 2 fully saturated rings. The second kappa shape index (κ2) is 7.07. The van der Waals surface area contributed by atoms with E-state index in [1.54, 1.807) is 29.0 Å². The van der Waals surface area contributed by atoms with Gasteiger partial charge >= 0.3 is 0 Å². The van der Waals surface area contributed by atoms with Gasteiger partial charge in [0.05, 0.1) is 6.26 Å². The second-order valence-corrected chi connectivity index (χ2v) is 6.35. The van der Waals surface area contributed by atoms with Crippen LogP contribution in [0.4, 0.5) is 0 Å². The van der Waals surface area contributed by atoms with Crippen molar-refractivity contribution in [2.75, 3.05) is 26.7 Å². The molecular formula is C17H23N3O4. The van der Waals surface area contributed by atoms with Crippen molar-refractivity contribution < 1.29 is 18.8 Å². The molecule has 24 heavy (non-hydrogen) atoms. The van der Waals surface area contributed by atoms with Crippen LogP contribution in [0, 0.1) is 5.92 Å². The van der Waals surface area contributed by atoms with Crippen molar-refractivity contribution in [1.29, 1.82) is 0 Å². The molecule has 0 aliphatic carbocycles. The molecule has 0 spiro atoms. The van der Waals surface area contributed by atoms with Crippen LogP contribution >= 0.6 is 0 Å². The van der Waals surface area contributed by atoms with E-state index in [1.165, 1.54) is 6.26 Å². The SMILES string of the molecule is CNC(=O)[C@@H]1CCCN1C(=O)C1CCN(C(=O)c2ccco2)CC1. The van der Waals surface area contributed by atoms with E-state index in [1.807, 2.05) is 0 Å². The first-order valence-electron chi connectivity index (χ1n) is 8.46. The molecule has 1 aromatic rings. The third-order valence-electron chi connectivity index (χ3n) is 4.95. The minimum Gasteiger partial charge on any atom is -0.459 e. The molecule has 130 valence electrons. The lowest BCUT2D eigenvalue weighted by Crippen LogP contribution is -2.49. The number of hydrogen-bond donors (Lipinski definition) is 1. The summed E-state index contributed by atoms with van der Waals surface area (Å²) >= 11 is 0. The van der Waals surface area contributed by atoms with Gasteiger partial charge in [-0.15, -0.1) is 0 Å². The highest BCUT2D eigenvalue weighted by Crippen LogP contribution is 2.26. The predicted octanol–water partition coefficient (Wildman–Crippen LogP) is 0.869. The standard InChI is InChI=1S/C17H23N3O4/c1-18-15(21)13-4-2-8-20(13)16(22)12-6-9-19(10-7-12)17(23)14-5-3-11-24-14/h3,5,11-13H,2,4,6-10H2,1H3,(H,18,21)/t13-/m0/s1. The van der Waals surface area contributed by atoms with Crippen LogP contribution in [0.25, 0.3) is 0 Å². The first-order chi connectivity index (χ1) is 11.6. The van der Waals surface area contributed by atoms with E-state index in [2.05, 4.69) is 5.32 Å². The van der Waals surface area contributed by atoms with Gasteiger partial charge < -0.3 is 19.5 Å². The van der Waals surface area contributed by atoms with E-state index in [-0.39, 0.29) is 29.7 Å². The quantitative estimate of drug-likeness (QED) is 0.890. The van der Waals surface area contributed by atoms with Gasteiger partial charge in [0.1, 0.15) is 6.04 Å². The summed E-state index contributed by atoms with van der Waals surface area (Å²) in [4.78, 5) is 40.4. The molecule has 2 aliphatic rings. The number of nitrogens with one attached hydrogen (secondary N) is 1. The summed E-state index contributed by atoms with van der Waals surface area (Å²) < 4.78 is 5.15. The van der Waals surface area contributed by atoms with Crippen LogP contribution in [0.5, 0.6) is 0 Å². The van der Waals surface area contributed by atoms with Gasteiger partial charge in [0.25, 0.3) is 5.91 Å². The molecule has 0 aromatic carbocycles.